The van der Waals surface area contributed by atoms with E-state index in [-0.39, 0.29) is 5.69 Å². The predicted octanol–water partition coefficient (Wildman–Crippen LogP) is 4.97. The Hall–Kier alpha value is -1.36. The number of ether oxygens (including phenoxy) is 1. The molecule has 0 spiro atoms. The number of hydrogen-bond donors (Lipinski definition) is 1. The lowest BCUT2D eigenvalue weighted by Crippen LogP contribution is -2.27. The lowest BCUT2D eigenvalue weighted by Gasteiger charge is -2.19. The maximum absolute atomic E-state index is 13.8. The molecule has 0 radical (unpaired) electrons. The van der Waals surface area contributed by atoms with Gasteiger partial charge in [-0.25, -0.2) is 9.18 Å². The fourth-order valence-electron chi connectivity index (χ4n) is 1.43. The van der Waals surface area contributed by atoms with Gasteiger partial charge in [-0.05, 0) is 44.9 Å². The topological polar surface area (TPSA) is 38.3 Å². The highest BCUT2D eigenvalue weighted by molar-refractivity contribution is 9.09. The Kier molecular flexibility index (Phi) is 6.20. The summed E-state index contributed by atoms with van der Waals surface area (Å²) >= 11 is 3.31. The van der Waals surface area contributed by atoms with Crippen molar-refractivity contribution in [2.24, 2.45) is 0 Å². The Morgan fingerprint density at radius 1 is 1.45 bits per heavy atom. The Balaban J connectivity index is 2.71. The van der Waals surface area contributed by atoms with E-state index in [1.807, 2.05) is 12.2 Å². The second kappa shape index (κ2) is 7.43. The van der Waals surface area contributed by atoms with Crippen LogP contribution in [0.2, 0.25) is 0 Å². The lowest BCUT2D eigenvalue weighted by molar-refractivity contribution is 0.0635. The molecule has 0 heterocycles. The molecular weight excluding hydrogens is 325 g/mol. The molecular formula is C15H19BrFNO2. The summed E-state index contributed by atoms with van der Waals surface area (Å²) in [6.45, 7) is 5.25. The van der Waals surface area contributed by atoms with Gasteiger partial charge in [-0.3, -0.25) is 5.32 Å². The molecule has 1 amide bonds. The van der Waals surface area contributed by atoms with Crippen molar-refractivity contribution in [1.29, 1.82) is 0 Å². The van der Waals surface area contributed by atoms with Crippen LogP contribution in [0, 0.1) is 5.82 Å². The van der Waals surface area contributed by atoms with Crippen molar-refractivity contribution in [2.75, 3.05) is 10.6 Å². The number of allylic oxidation sites excluding steroid dienone is 1. The first-order chi connectivity index (χ1) is 9.31. The summed E-state index contributed by atoms with van der Waals surface area (Å²) in [5.41, 5.74) is 0.244. The van der Waals surface area contributed by atoms with E-state index in [0.29, 0.717) is 0 Å². The first-order valence-electron chi connectivity index (χ1n) is 6.34. The summed E-state index contributed by atoms with van der Waals surface area (Å²) in [6, 6.07) is 4.63. The second-order valence-electron chi connectivity index (χ2n) is 5.25. The zero-order valence-electron chi connectivity index (χ0n) is 11.9. The van der Waals surface area contributed by atoms with E-state index in [4.69, 9.17) is 4.74 Å². The first kappa shape index (κ1) is 16.7. The van der Waals surface area contributed by atoms with Gasteiger partial charge in [0.15, 0.2) is 0 Å². The van der Waals surface area contributed by atoms with Crippen LogP contribution >= 0.6 is 15.9 Å². The number of amides is 1. The number of anilines is 1. The molecule has 1 rings (SSSR count). The minimum atomic E-state index is -0.668. The molecule has 20 heavy (non-hydrogen) atoms. The van der Waals surface area contributed by atoms with Gasteiger partial charge in [0.25, 0.3) is 0 Å². The highest BCUT2D eigenvalue weighted by Gasteiger charge is 2.17. The van der Waals surface area contributed by atoms with E-state index in [2.05, 4.69) is 21.2 Å². The van der Waals surface area contributed by atoms with Crippen LogP contribution in [-0.2, 0) is 4.74 Å². The number of benzene rings is 1. The number of alkyl halides is 1. The zero-order valence-corrected chi connectivity index (χ0v) is 13.5. The molecule has 1 aromatic carbocycles. The summed E-state index contributed by atoms with van der Waals surface area (Å²) in [5, 5.41) is 3.26. The van der Waals surface area contributed by atoms with E-state index in [9.17, 15) is 9.18 Å². The first-order valence-corrected chi connectivity index (χ1v) is 7.46. The van der Waals surface area contributed by atoms with Crippen LogP contribution in [0.3, 0.4) is 0 Å². The predicted molar refractivity (Wildman–Crippen MR) is 83.7 cm³/mol. The van der Waals surface area contributed by atoms with Crippen molar-refractivity contribution >= 4 is 33.8 Å². The smallest absolute Gasteiger partial charge is 0.412 e. The summed E-state index contributed by atoms with van der Waals surface area (Å²) in [5.74, 6) is -0.489. The minimum Gasteiger partial charge on any atom is -0.444 e. The van der Waals surface area contributed by atoms with Crippen LogP contribution in [0.4, 0.5) is 14.9 Å². The fraction of sp³-hybridized carbons (Fsp3) is 0.400. The summed E-state index contributed by atoms with van der Waals surface area (Å²) in [4.78, 5) is 11.6. The largest absolute Gasteiger partial charge is 0.444 e. The Morgan fingerprint density at radius 3 is 2.70 bits per heavy atom. The molecule has 0 unspecified atom stereocenters. The third kappa shape index (κ3) is 6.19. The van der Waals surface area contributed by atoms with Crippen molar-refractivity contribution in [1.82, 2.24) is 0 Å². The average molecular weight is 344 g/mol. The SMILES string of the molecule is CC(C)(C)OC(=O)Nc1ccc(C=CCCBr)cc1F. The molecule has 0 aliphatic rings. The maximum Gasteiger partial charge on any atom is 0.412 e. The van der Waals surface area contributed by atoms with Crippen molar-refractivity contribution < 1.29 is 13.9 Å². The molecule has 0 saturated heterocycles. The Bertz CT molecular complexity index is 495. The quantitative estimate of drug-likeness (QED) is 0.783. The molecule has 0 saturated carbocycles. The molecule has 110 valence electrons. The molecule has 0 fully saturated rings. The van der Waals surface area contributed by atoms with Gasteiger partial charge in [-0.1, -0.05) is 34.1 Å². The summed E-state index contributed by atoms with van der Waals surface area (Å²) < 4.78 is 18.9. The van der Waals surface area contributed by atoms with Gasteiger partial charge in [0.05, 0.1) is 5.69 Å². The molecule has 5 heteroatoms. The van der Waals surface area contributed by atoms with Gasteiger partial charge < -0.3 is 4.74 Å². The molecule has 0 aliphatic heterocycles. The van der Waals surface area contributed by atoms with Crippen LogP contribution in [0.15, 0.2) is 24.3 Å². The molecule has 0 aromatic heterocycles. The third-order valence-corrected chi connectivity index (χ3v) is 2.67. The highest BCUT2D eigenvalue weighted by Crippen LogP contribution is 2.18. The Morgan fingerprint density at radius 2 is 2.15 bits per heavy atom. The monoisotopic (exact) mass is 343 g/mol. The lowest BCUT2D eigenvalue weighted by atomic mass is 10.1. The Labute approximate surface area is 127 Å². The van der Waals surface area contributed by atoms with Crippen LogP contribution in [0.25, 0.3) is 6.08 Å². The second-order valence-corrected chi connectivity index (χ2v) is 6.04. The van der Waals surface area contributed by atoms with E-state index >= 15 is 0 Å². The van der Waals surface area contributed by atoms with Gasteiger partial charge in [-0.2, -0.15) is 0 Å². The van der Waals surface area contributed by atoms with Gasteiger partial charge in [0.2, 0.25) is 0 Å². The van der Waals surface area contributed by atoms with Crippen molar-refractivity contribution in [3.8, 4) is 0 Å². The summed E-state index contributed by atoms with van der Waals surface area (Å²) in [7, 11) is 0. The number of hydrogen-bond acceptors (Lipinski definition) is 2. The zero-order chi connectivity index (χ0) is 15.2. The van der Waals surface area contributed by atoms with E-state index in [0.717, 1.165) is 17.3 Å². The van der Waals surface area contributed by atoms with Gasteiger partial charge in [0, 0.05) is 5.33 Å². The van der Waals surface area contributed by atoms with Crippen molar-refractivity contribution in [3.63, 3.8) is 0 Å². The number of carbonyl (C=O) groups is 1. The molecule has 1 aromatic rings. The number of carbonyl (C=O) groups excluding carboxylic acids is 1. The van der Waals surface area contributed by atoms with Crippen LogP contribution in [0.5, 0.6) is 0 Å². The van der Waals surface area contributed by atoms with E-state index < -0.39 is 17.5 Å². The van der Waals surface area contributed by atoms with E-state index in [1.54, 1.807) is 26.8 Å². The minimum absolute atomic E-state index is 0.108. The van der Waals surface area contributed by atoms with Gasteiger partial charge in [0.1, 0.15) is 11.4 Å². The average Bonchev–Trinajstić information content (AvgIpc) is 2.30. The van der Waals surface area contributed by atoms with Gasteiger partial charge in [-0.15, -0.1) is 0 Å². The molecule has 0 aliphatic carbocycles. The number of nitrogens with one attached hydrogen (secondary N) is 1. The molecule has 0 atom stereocenters. The summed E-state index contributed by atoms with van der Waals surface area (Å²) in [6.07, 6.45) is 3.99. The molecule has 3 nitrogen and oxygen atoms in total. The standard InChI is InChI=1S/C15H19BrFNO2/c1-15(2,3)20-14(19)18-13-8-7-11(10-12(13)17)6-4-5-9-16/h4,6-8,10H,5,9H2,1-3H3,(H,18,19). The number of rotatable bonds is 4. The van der Waals surface area contributed by atoms with Crippen LogP contribution in [0.1, 0.15) is 32.8 Å². The van der Waals surface area contributed by atoms with Crippen LogP contribution in [-0.4, -0.2) is 17.0 Å². The van der Waals surface area contributed by atoms with Gasteiger partial charge >= 0.3 is 6.09 Å². The fourth-order valence-corrected chi connectivity index (χ4v) is 1.70. The molecule has 0 bridgehead atoms. The maximum atomic E-state index is 13.8. The highest BCUT2D eigenvalue weighted by atomic mass is 79.9. The van der Waals surface area contributed by atoms with E-state index in [1.165, 1.54) is 12.1 Å². The number of halogens is 2. The normalized spacial score (nSPS) is 11.7. The molecule has 1 N–H and O–H groups in total. The third-order valence-electron chi connectivity index (χ3n) is 2.21. The van der Waals surface area contributed by atoms with Crippen LogP contribution < -0.4 is 5.32 Å². The van der Waals surface area contributed by atoms with Crippen molar-refractivity contribution in [3.05, 3.63) is 35.7 Å². The van der Waals surface area contributed by atoms with Crippen molar-refractivity contribution in [2.45, 2.75) is 32.8 Å².